The van der Waals surface area contributed by atoms with Crippen molar-refractivity contribution in [3.8, 4) is 0 Å². The van der Waals surface area contributed by atoms with Crippen molar-refractivity contribution in [2.24, 2.45) is 5.73 Å². The Kier molecular flexibility index (Phi) is 16.8. The smallest absolute Gasteiger partial charge is 0.229 e. The SMILES string of the molecule is CCCCCCCCN(CCCCCCCC)C(=O)C(C)c1ccc(CC(N)(CC)C(=O)c2ccc(N3CCNCC3)cc2)cc1. The van der Waals surface area contributed by atoms with Gasteiger partial charge in [-0.15, -0.1) is 0 Å². The second-order valence-corrected chi connectivity index (χ2v) is 13.6. The van der Waals surface area contributed by atoms with E-state index in [2.05, 4.69) is 53.2 Å². The van der Waals surface area contributed by atoms with Gasteiger partial charge in [0, 0.05) is 50.5 Å². The number of nitrogens with zero attached hydrogens (tertiary/aromatic N) is 2. The van der Waals surface area contributed by atoms with Crippen LogP contribution in [0.3, 0.4) is 0 Å². The predicted octanol–water partition coefficient (Wildman–Crippen LogP) is 8.28. The van der Waals surface area contributed by atoms with E-state index in [9.17, 15) is 9.59 Å². The molecule has 0 aromatic heterocycles. The number of rotatable bonds is 22. The van der Waals surface area contributed by atoms with Gasteiger partial charge in [-0.25, -0.2) is 0 Å². The van der Waals surface area contributed by atoms with Crippen LogP contribution in [0.4, 0.5) is 5.69 Å². The van der Waals surface area contributed by atoms with Crippen LogP contribution in [0.25, 0.3) is 0 Å². The van der Waals surface area contributed by atoms with Gasteiger partial charge < -0.3 is 20.9 Å². The average molecular weight is 633 g/mol. The van der Waals surface area contributed by atoms with Crippen molar-refractivity contribution < 1.29 is 9.59 Å². The maximum Gasteiger partial charge on any atom is 0.229 e. The summed E-state index contributed by atoms with van der Waals surface area (Å²) >= 11 is 0. The zero-order valence-electron chi connectivity index (χ0n) is 29.6. The Labute approximate surface area is 280 Å². The third-order valence-electron chi connectivity index (χ3n) is 9.94. The Bertz CT molecular complexity index is 1130. The van der Waals surface area contributed by atoms with E-state index in [1.54, 1.807) is 0 Å². The maximum atomic E-state index is 13.8. The van der Waals surface area contributed by atoms with E-state index in [0.29, 0.717) is 18.4 Å². The number of hydrogen-bond donors (Lipinski definition) is 2. The fraction of sp³-hybridized carbons (Fsp3) is 0.650. The number of Topliss-reactive ketones (excluding diaryl/α,β-unsaturated/α-hetero) is 1. The second-order valence-electron chi connectivity index (χ2n) is 13.6. The molecule has 1 heterocycles. The summed E-state index contributed by atoms with van der Waals surface area (Å²) in [7, 11) is 0. The second kappa shape index (κ2) is 20.5. The fourth-order valence-corrected chi connectivity index (χ4v) is 6.60. The molecule has 0 saturated carbocycles. The summed E-state index contributed by atoms with van der Waals surface area (Å²) in [6.45, 7) is 14.1. The van der Waals surface area contributed by atoms with Gasteiger partial charge in [-0.05, 0) is 68.0 Å². The van der Waals surface area contributed by atoms with Crippen LogP contribution in [0.1, 0.15) is 139 Å². The molecule has 6 heteroatoms. The van der Waals surface area contributed by atoms with Crippen molar-refractivity contribution in [2.45, 2.75) is 129 Å². The number of ketones is 1. The van der Waals surface area contributed by atoms with E-state index in [1.807, 2.05) is 38.1 Å². The van der Waals surface area contributed by atoms with Crippen LogP contribution in [0.2, 0.25) is 0 Å². The molecule has 1 aliphatic rings. The Morgan fingerprint density at radius 1 is 0.783 bits per heavy atom. The summed E-state index contributed by atoms with van der Waals surface area (Å²) in [5.74, 6) is 0.0180. The van der Waals surface area contributed by atoms with Crippen LogP contribution in [-0.4, -0.2) is 61.4 Å². The molecular formula is C40H64N4O2. The highest BCUT2D eigenvalue weighted by atomic mass is 16.2. The minimum absolute atomic E-state index is 0.0190. The molecule has 2 unspecified atom stereocenters. The quantitative estimate of drug-likeness (QED) is 0.101. The van der Waals surface area contributed by atoms with Crippen LogP contribution in [0, 0.1) is 0 Å². The first-order chi connectivity index (χ1) is 22.3. The Hall–Kier alpha value is -2.70. The van der Waals surface area contributed by atoms with Crippen molar-refractivity contribution in [1.82, 2.24) is 10.2 Å². The molecule has 2 aromatic carbocycles. The molecule has 6 nitrogen and oxygen atoms in total. The molecule has 3 N–H and O–H groups in total. The van der Waals surface area contributed by atoms with Crippen LogP contribution < -0.4 is 16.0 Å². The van der Waals surface area contributed by atoms with Gasteiger partial charge in [-0.1, -0.05) is 109 Å². The molecule has 0 aliphatic carbocycles. The lowest BCUT2D eigenvalue weighted by Crippen LogP contribution is -2.49. The van der Waals surface area contributed by atoms with Gasteiger partial charge in [0.25, 0.3) is 0 Å². The number of carbonyl (C=O) groups excluding carboxylic acids is 2. The number of benzene rings is 2. The first kappa shape index (κ1) is 37.8. The summed E-state index contributed by atoms with van der Waals surface area (Å²) in [4.78, 5) is 31.9. The maximum absolute atomic E-state index is 13.8. The van der Waals surface area contributed by atoms with Gasteiger partial charge in [0.2, 0.25) is 5.91 Å². The number of anilines is 1. The number of nitrogens with one attached hydrogen (secondary N) is 1. The minimum atomic E-state index is -0.982. The summed E-state index contributed by atoms with van der Waals surface area (Å²) < 4.78 is 0. The minimum Gasteiger partial charge on any atom is -0.369 e. The molecule has 1 fully saturated rings. The molecule has 0 spiro atoms. The van der Waals surface area contributed by atoms with Gasteiger partial charge in [0.15, 0.2) is 5.78 Å². The molecule has 3 rings (SSSR count). The highest BCUT2D eigenvalue weighted by molar-refractivity contribution is 6.03. The molecule has 0 radical (unpaired) electrons. The highest BCUT2D eigenvalue weighted by Crippen LogP contribution is 2.25. The molecule has 1 aliphatic heterocycles. The fourth-order valence-electron chi connectivity index (χ4n) is 6.60. The van der Waals surface area contributed by atoms with Crippen molar-refractivity contribution in [2.75, 3.05) is 44.2 Å². The predicted molar refractivity (Wildman–Crippen MR) is 195 cm³/mol. The Morgan fingerprint density at radius 3 is 1.83 bits per heavy atom. The summed E-state index contributed by atoms with van der Waals surface area (Å²) in [5.41, 5.74) is 9.69. The van der Waals surface area contributed by atoms with Gasteiger partial charge in [-0.2, -0.15) is 0 Å². The van der Waals surface area contributed by atoms with Gasteiger partial charge >= 0.3 is 0 Å². The molecule has 1 amide bonds. The number of hydrogen-bond acceptors (Lipinski definition) is 5. The van der Waals surface area contributed by atoms with Crippen LogP contribution >= 0.6 is 0 Å². The van der Waals surface area contributed by atoms with E-state index in [1.165, 1.54) is 64.2 Å². The first-order valence-electron chi connectivity index (χ1n) is 18.6. The monoisotopic (exact) mass is 633 g/mol. The van der Waals surface area contributed by atoms with E-state index in [-0.39, 0.29) is 17.6 Å². The topological polar surface area (TPSA) is 78.7 Å². The zero-order chi connectivity index (χ0) is 33.2. The summed E-state index contributed by atoms with van der Waals surface area (Å²) in [5, 5.41) is 3.38. The van der Waals surface area contributed by atoms with Gasteiger partial charge in [0.05, 0.1) is 11.5 Å². The lowest BCUT2D eigenvalue weighted by Gasteiger charge is -2.30. The highest BCUT2D eigenvalue weighted by Gasteiger charge is 2.33. The largest absolute Gasteiger partial charge is 0.369 e. The first-order valence-corrected chi connectivity index (χ1v) is 18.6. The van der Waals surface area contributed by atoms with E-state index >= 15 is 0 Å². The van der Waals surface area contributed by atoms with E-state index in [4.69, 9.17) is 5.73 Å². The average Bonchev–Trinajstić information content (AvgIpc) is 3.10. The molecular weight excluding hydrogens is 568 g/mol. The third-order valence-corrected chi connectivity index (χ3v) is 9.94. The van der Waals surface area contributed by atoms with Crippen molar-refractivity contribution >= 4 is 17.4 Å². The lowest BCUT2D eigenvalue weighted by molar-refractivity contribution is -0.132. The van der Waals surface area contributed by atoms with Crippen molar-refractivity contribution in [1.29, 1.82) is 0 Å². The third kappa shape index (κ3) is 11.8. The number of carbonyl (C=O) groups is 2. The number of piperazine rings is 1. The normalized spacial score (nSPS) is 15.4. The molecule has 256 valence electrons. The Balaban J connectivity index is 1.61. The number of amides is 1. The van der Waals surface area contributed by atoms with E-state index < -0.39 is 5.54 Å². The molecule has 2 atom stereocenters. The van der Waals surface area contributed by atoms with Crippen molar-refractivity contribution in [3.05, 3.63) is 65.2 Å². The molecule has 0 bridgehead atoms. The summed E-state index contributed by atoms with van der Waals surface area (Å²) in [6, 6.07) is 16.2. The Morgan fingerprint density at radius 2 is 1.30 bits per heavy atom. The van der Waals surface area contributed by atoms with Crippen LogP contribution in [0.5, 0.6) is 0 Å². The number of unbranched alkanes of at least 4 members (excludes halogenated alkanes) is 10. The van der Waals surface area contributed by atoms with Crippen LogP contribution in [0.15, 0.2) is 48.5 Å². The lowest BCUT2D eigenvalue weighted by atomic mass is 9.82. The van der Waals surface area contributed by atoms with Crippen molar-refractivity contribution in [3.63, 3.8) is 0 Å². The molecule has 1 saturated heterocycles. The molecule has 46 heavy (non-hydrogen) atoms. The van der Waals surface area contributed by atoms with E-state index in [0.717, 1.165) is 68.9 Å². The van der Waals surface area contributed by atoms with Crippen LogP contribution in [-0.2, 0) is 11.2 Å². The zero-order valence-corrected chi connectivity index (χ0v) is 29.6. The van der Waals surface area contributed by atoms with Gasteiger partial charge in [0.1, 0.15) is 0 Å². The van der Waals surface area contributed by atoms with Gasteiger partial charge in [-0.3, -0.25) is 9.59 Å². The number of nitrogens with two attached hydrogens (primary N) is 1. The summed E-state index contributed by atoms with van der Waals surface area (Å²) in [6.07, 6.45) is 15.8. The molecule has 2 aromatic rings. The standard InChI is InChI=1S/C40H64N4O2/c1-5-8-10-12-14-16-28-44(29-17-15-13-11-9-6-2)39(46)33(4)35-20-18-34(19-21-35)32-40(41,7-3)38(45)36-22-24-37(25-23-36)43-30-26-42-27-31-43/h18-25,33,42H,5-17,26-32,41H2,1-4H3.